The summed E-state index contributed by atoms with van der Waals surface area (Å²) in [5, 5.41) is 0. The second-order valence-corrected chi connectivity index (χ2v) is 6.20. The minimum atomic E-state index is 0.226. The van der Waals surface area contributed by atoms with Crippen LogP contribution in [0.1, 0.15) is 50.7 Å². The molecule has 2 nitrogen and oxygen atoms in total. The topological polar surface area (TPSA) is 20.3 Å². The summed E-state index contributed by atoms with van der Waals surface area (Å²) in [5.74, 6) is 0.791. The standard InChI is InChI=1S/C19H27NO/c1-4-16(3)18-8-6-5-7-9-19(21)20(18)14-17-12-10-15(2)11-13-17/h6,8,10-13,16,18H,4-5,7,9,14H2,1-3H3/b8-6-/t16-,18+/m0/s1. The Labute approximate surface area is 128 Å². The second kappa shape index (κ2) is 7.44. The maximum absolute atomic E-state index is 12.6. The van der Waals surface area contributed by atoms with Crippen molar-refractivity contribution < 1.29 is 4.79 Å². The van der Waals surface area contributed by atoms with Crippen molar-refractivity contribution >= 4 is 5.91 Å². The van der Waals surface area contributed by atoms with Crippen LogP contribution in [0.5, 0.6) is 0 Å². The van der Waals surface area contributed by atoms with Gasteiger partial charge >= 0.3 is 0 Å². The first-order valence-electron chi connectivity index (χ1n) is 8.13. The van der Waals surface area contributed by atoms with Gasteiger partial charge in [0.25, 0.3) is 0 Å². The highest BCUT2D eigenvalue weighted by Crippen LogP contribution is 2.23. The molecular formula is C19H27NO. The highest BCUT2D eigenvalue weighted by molar-refractivity contribution is 5.77. The van der Waals surface area contributed by atoms with Crippen LogP contribution < -0.4 is 0 Å². The Morgan fingerprint density at radius 1 is 1.29 bits per heavy atom. The third kappa shape index (κ3) is 4.20. The van der Waals surface area contributed by atoms with Gasteiger partial charge in [0.05, 0.1) is 6.04 Å². The number of hydrogen-bond donors (Lipinski definition) is 0. The minimum absolute atomic E-state index is 0.226. The normalized spacial score (nSPS) is 22.5. The van der Waals surface area contributed by atoms with Gasteiger partial charge in [-0.2, -0.15) is 0 Å². The van der Waals surface area contributed by atoms with E-state index in [1.165, 1.54) is 11.1 Å². The van der Waals surface area contributed by atoms with Crippen molar-refractivity contribution in [1.82, 2.24) is 4.90 Å². The van der Waals surface area contributed by atoms with E-state index in [2.05, 4.69) is 62.1 Å². The van der Waals surface area contributed by atoms with Gasteiger partial charge in [0.1, 0.15) is 0 Å². The van der Waals surface area contributed by atoms with Crippen molar-refractivity contribution in [1.29, 1.82) is 0 Å². The molecule has 0 bridgehead atoms. The number of allylic oxidation sites excluding steroid dienone is 1. The molecule has 1 amide bonds. The third-order valence-corrected chi connectivity index (χ3v) is 4.48. The van der Waals surface area contributed by atoms with Gasteiger partial charge in [-0.05, 0) is 31.2 Å². The molecule has 2 atom stereocenters. The summed E-state index contributed by atoms with van der Waals surface area (Å²) in [7, 11) is 0. The Kier molecular flexibility index (Phi) is 5.60. The fraction of sp³-hybridized carbons (Fsp3) is 0.526. The van der Waals surface area contributed by atoms with Crippen LogP contribution >= 0.6 is 0 Å². The average Bonchev–Trinajstić information content (AvgIpc) is 2.48. The van der Waals surface area contributed by atoms with Crippen molar-refractivity contribution in [2.45, 2.75) is 59.0 Å². The zero-order chi connectivity index (χ0) is 15.2. The minimum Gasteiger partial charge on any atom is -0.332 e. The number of aryl methyl sites for hydroxylation is 1. The number of benzene rings is 1. The fourth-order valence-corrected chi connectivity index (χ4v) is 2.84. The molecule has 0 unspecified atom stereocenters. The lowest BCUT2D eigenvalue weighted by molar-refractivity contribution is -0.134. The molecule has 1 aromatic carbocycles. The van der Waals surface area contributed by atoms with E-state index >= 15 is 0 Å². The average molecular weight is 285 g/mol. The van der Waals surface area contributed by atoms with Crippen LogP contribution in [0.2, 0.25) is 0 Å². The smallest absolute Gasteiger partial charge is 0.223 e. The molecule has 0 fully saturated rings. The third-order valence-electron chi connectivity index (χ3n) is 4.48. The van der Waals surface area contributed by atoms with Crippen molar-refractivity contribution in [3.63, 3.8) is 0 Å². The number of rotatable bonds is 4. The van der Waals surface area contributed by atoms with E-state index in [1.54, 1.807) is 0 Å². The van der Waals surface area contributed by atoms with Gasteiger partial charge in [0.2, 0.25) is 5.91 Å². The van der Waals surface area contributed by atoms with E-state index < -0.39 is 0 Å². The highest BCUT2D eigenvalue weighted by Gasteiger charge is 2.26. The molecule has 2 heteroatoms. The molecule has 0 saturated heterocycles. The molecule has 114 valence electrons. The molecule has 2 rings (SSSR count). The lowest BCUT2D eigenvalue weighted by Crippen LogP contribution is -2.42. The van der Waals surface area contributed by atoms with Gasteiger partial charge in [0, 0.05) is 13.0 Å². The molecule has 1 heterocycles. The quantitative estimate of drug-likeness (QED) is 0.747. The van der Waals surface area contributed by atoms with Crippen LogP contribution in [0.3, 0.4) is 0 Å². The molecule has 0 aromatic heterocycles. The number of amides is 1. The van der Waals surface area contributed by atoms with Crippen molar-refractivity contribution in [3.8, 4) is 0 Å². The van der Waals surface area contributed by atoms with Crippen LogP contribution in [0, 0.1) is 12.8 Å². The van der Waals surface area contributed by atoms with E-state index in [0.717, 1.165) is 25.8 Å². The SMILES string of the molecule is CC[C@H](C)[C@H]1/C=C\CCCC(=O)N1Cc1ccc(C)cc1. The van der Waals surface area contributed by atoms with E-state index in [-0.39, 0.29) is 6.04 Å². The van der Waals surface area contributed by atoms with Gasteiger partial charge in [-0.1, -0.05) is 62.2 Å². The van der Waals surface area contributed by atoms with Crippen LogP contribution in [0.15, 0.2) is 36.4 Å². The molecule has 1 aromatic rings. The fourth-order valence-electron chi connectivity index (χ4n) is 2.84. The number of carbonyl (C=O) groups is 1. The number of carbonyl (C=O) groups excluding carboxylic acids is 1. The van der Waals surface area contributed by atoms with Crippen LogP contribution in [-0.4, -0.2) is 16.8 Å². The summed E-state index contributed by atoms with van der Waals surface area (Å²) < 4.78 is 0. The first-order chi connectivity index (χ1) is 10.1. The summed E-state index contributed by atoms with van der Waals surface area (Å²) in [6, 6.07) is 8.75. The molecule has 0 radical (unpaired) electrons. The Balaban J connectivity index is 2.23. The molecule has 21 heavy (non-hydrogen) atoms. The summed E-state index contributed by atoms with van der Waals surface area (Å²) in [6.07, 6.45) is 8.25. The van der Waals surface area contributed by atoms with E-state index in [0.29, 0.717) is 18.2 Å². The van der Waals surface area contributed by atoms with Crippen molar-refractivity contribution in [2.75, 3.05) is 0 Å². The monoisotopic (exact) mass is 285 g/mol. The van der Waals surface area contributed by atoms with E-state index in [9.17, 15) is 4.79 Å². The zero-order valence-corrected chi connectivity index (χ0v) is 13.5. The maximum atomic E-state index is 12.6. The Bertz CT molecular complexity index is 489. The van der Waals surface area contributed by atoms with Crippen molar-refractivity contribution in [2.24, 2.45) is 5.92 Å². The van der Waals surface area contributed by atoms with E-state index in [4.69, 9.17) is 0 Å². The largest absolute Gasteiger partial charge is 0.332 e. The van der Waals surface area contributed by atoms with Gasteiger partial charge in [-0.25, -0.2) is 0 Å². The maximum Gasteiger partial charge on any atom is 0.223 e. The second-order valence-electron chi connectivity index (χ2n) is 6.20. The van der Waals surface area contributed by atoms with Gasteiger partial charge < -0.3 is 4.90 Å². The summed E-state index contributed by atoms with van der Waals surface area (Å²) in [6.45, 7) is 7.26. The number of hydrogen-bond acceptors (Lipinski definition) is 1. The first-order valence-corrected chi connectivity index (χ1v) is 8.13. The number of nitrogens with zero attached hydrogens (tertiary/aromatic N) is 1. The Hall–Kier alpha value is -1.57. The first kappa shape index (κ1) is 15.8. The lowest BCUT2D eigenvalue weighted by Gasteiger charge is -2.35. The van der Waals surface area contributed by atoms with Gasteiger partial charge in [0.15, 0.2) is 0 Å². The molecule has 0 aliphatic carbocycles. The predicted octanol–water partition coefficient (Wildman–Crippen LogP) is 4.48. The zero-order valence-electron chi connectivity index (χ0n) is 13.5. The van der Waals surface area contributed by atoms with Gasteiger partial charge in [-0.15, -0.1) is 0 Å². The Morgan fingerprint density at radius 3 is 2.67 bits per heavy atom. The molecule has 0 saturated carbocycles. The summed E-state index contributed by atoms with van der Waals surface area (Å²) in [4.78, 5) is 14.6. The van der Waals surface area contributed by atoms with Crippen LogP contribution in [0.4, 0.5) is 0 Å². The van der Waals surface area contributed by atoms with Crippen LogP contribution in [0.25, 0.3) is 0 Å². The highest BCUT2D eigenvalue weighted by atomic mass is 16.2. The predicted molar refractivity (Wildman–Crippen MR) is 88.0 cm³/mol. The van der Waals surface area contributed by atoms with Gasteiger partial charge in [-0.3, -0.25) is 4.79 Å². The summed E-state index contributed by atoms with van der Waals surface area (Å²) in [5.41, 5.74) is 2.48. The van der Waals surface area contributed by atoms with Crippen LogP contribution in [-0.2, 0) is 11.3 Å². The summed E-state index contributed by atoms with van der Waals surface area (Å²) >= 11 is 0. The molecule has 1 aliphatic rings. The Morgan fingerprint density at radius 2 is 2.00 bits per heavy atom. The lowest BCUT2D eigenvalue weighted by atomic mass is 9.94. The molecule has 0 spiro atoms. The molecular weight excluding hydrogens is 258 g/mol. The molecule has 0 N–H and O–H groups in total. The van der Waals surface area contributed by atoms with Crippen molar-refractivity contribution in [3.05, 3.63) is 47.5 Å². The molecule has 1 aliphatic heterocycles. The van der Waals surface area contributed by atoms with E-state index in [1.807, 2.05) is 0 Å².